The van der Waals surface area contributed by atoms with Crippen LogP contribution in [0.1, 0.15) is 12.8 Å². The first-order valence-corrected chi connectivity index (χ1v) is 8.56. The highest BCUT2D eigenvalue weighted by molar-refractivity contribution is 7.99. The fourth-order valence-electron chi connectivity index (χ4n) is 1.28. The van der Waals surface area contributed by atoms with Crippen molar-refractivity contribution in [2.75, 3.05) is 11.5 Å². The molecule has 0 bridgehead atoms. The molecular formula is C18H22O6S. The highest BCUT2D eigenvalue weighted by Gasteiger charge is 1.98. The molecule has 0 atom stereocenters. The van der Waals surface area contributed by atoms with Crippen LogP contribution in [0.4, 0.5) is 0 Å². The fourth-order valence-corrected chi connectivity index (χ4v) is 2.12. The number of aliphatic carboxylic acids is 2. The van der Waals surface area contributed by atoms with Gasteiger partial charge in [0.25, 0.3) is 0 Å². The van der Waals surface area contributed by atoms with Gasteiger partial charge in [0.15, 0.2) is 0 Å². The molecule has 136 valence electrons. The molecule has 0 fully saturated rings. The van der Waals surface area contributed by atoms with Crippen molar-refractivity contribution in [3.63, 3.8) is 0 Å². The van der Waals surface area contributed by atoms with Crippen molar-refractivity contribution in [3.05, 3.63) is 60.7 Å². The SMILES string of the molecule is O=C(O)CCSCCC(=O)O.Oc1ccccc1.Oc1ccccc1. The van der Waals surface area contributed by atoms with E-state index in [9.17, 15) is 9.59 Å². The summed E-state index contributed by atoms with van der Waals surface area (Å²) >= 11 is 1.35. The molecule has 4 N–H and O–H groups in total. The Balaban J connectivity index is 0.000000358. The second-order valence-electron chi connectivity index (χ2n) is 4.57. The fraction of sp³-hybridized carbons (Fsp3) is 0.222. The van der Waals surface area contributed by atoms with Gasteiger partial charge in [-0.15, -0.1) is 0 Å². The monoisotopic (exact) mass is 366 g/mol. The normalized spacial score (nSPS) is 8.96. The van der Waals surface area contributed by atoms with E-state index in [1.54, 1.807) is 48.5 Å². The number of carbonyl (C=O) groups is 2. The molecule has 2 aromatic rings. The number of para-hydroxylation sites is 2. The minimum Gasteiger partial charge on any atom is -0.508 e. The van der Waals surface area contributed by atoms with Gasteiger partial charge in [-0.25, -0.2) is 0 Å². The molecule has 0 amide bonds. The van der Waals surface area contributed by atoms with Crippen LogP contribution in [0.25, 0.3) is 0 Å². The van der Waals surface area contributed by atoms with Gasteiger partial charge in [-0.05, 0) is 24.3 Å². The van der Waals surface area contributed by atoms with Crippen LogP contribution in [-0.4, -0.2) is 43.9 Å². The number of aromatic hydroxyl groups is 2. The maximum absolute atomic E-state index is 9.97. The summed E-state index contributed by atoms with van der Waals surface area (Å²) in [5, 5.41) is 33.6. The number of rotatable bonds is 6. The van der Waals surface area contributed by atoms with E-state index in [0.717, 1.165) is 0 Å². The van der Waals surface area contributed by atoms with Crippen LogP contribution >= 0.6 is 11.8 Å². The number of hydrogen-bond acceptors (Lipinski definition) is 5. The van der Waals surface area contributed by atoms with Crippen LogP contribution in [0.15, 0.2) is 60.7 Å². The predicted octanol–water partition coefficient (Wildman–Crippen LogP) is 3.45. The van der Waals surface area contributed by atoms with Gasteiger partial charge in [0.1, 0.15) is 11.5 Å². The summed E-state index contributed by atoms with van der Waals surface area (Å²) in [5.74, 6) is -0.0590. The van der Waals surface area contributed by atoms with Crippen LogP contribution in [0.5, 0.6) is 11.5 Å². The minimum absolute atomic E-state index is 0.101. The molecule has 2 aromatic carbocycles. The van der Waals surface area contributed by atoms with Crippen molar-refractivity contribution >= 4 is 23.7 Å². The molecule has 0 saturated carbocycles. The summed E-state index contributed by atoms with van der Waals surface area (Å²) < 4.78 is 0. The number of thioether (sulfide) groups is 1. The van der Waals surface area contributed by atoms with Crippen molar-refractivity contribution < 1.29 is 30.0 Å². The summed E-state index contributed by atoms with van der Waals surface area (Å²) in [5.41, 5.74) is 0. The molecule has 0 spiro atoms. The first-order valence-electron chi connectivity index (χ1n) is 7.41. The molecule has 7 heteroatoms. The smallest absolute Gasteiger partial charge is 0.304 e. The highest BCUT2D eigenvalue weighted by Crippen LogP contribution is 2.04. The van der Waals surface area contributed by atoms with Crippen molar-refractivity contribution in [1.82, 2.24) is 0 Å². The Kier molecular flexibility index (Phi) is 13.3. The van der Waals surface area contributed by atoms with Gasteiger partial charge in [0.05, 0.1) is 12.8 Å². The van der Waals surface area contributed by atoms with Gasteiger partial charge in [0, 0.05) is 11.5 Å². The molecule has 0 saturated heterocycles. The van der Waals surface area contributed by atoms with E-state index in [0.29, 0.717) is 23.0 Å². The second-order valence-corrected chi connectivity index (χ2v) is 5.80. The van der Waals surface area contributed by atoms with Crippen LogP contribution in [0.3, 0.4) is 0 Å². The van der Waals surface area contributed by atoms with E-state index in [1.807, 2.05) is 12.1 Å². The quantitative estimate of drug-likeness (QED) is 0.579. The molecule has 0 aliphatic carbocycles. The standard InChI is InChI=1S/C6H10O4S.2C6H6O/c7-5(8)1-3-11-4-2-6(9)10;2*7-6-4-2-1-3-5-6/h1-4H2,(H,7,8)(H,9,10);2*1-5,7H. The third kappa shape index (κ3) is 17.5. The third-order valence-corrected chi connectivity index (χ3v) is 3.42. The van der Waals surface area contributed by atoms with Crippen LogP contribution < -0.4 is 0 Å². The van der Waals surface area contributed by atoms with Crippen LogP contribution in [0, 0.1) is 0 Å². The van der Waals surface area contributed by atoms with E-state index in [-0.39, 0.29) is 12.8 Å². The Labute approximate surface area is 150 Å². The van der Waals surface area contributed by atoms with Crippen molar-refractivity contribution in [1.29, 1.82) is 0 Å². The average molecular weight is 366 g/mol. The lowest BCUT2D eigenvalue weighted by atomic mass is 10.3. The van der Waals surface area contributed by atoms with Gasteiger partial charge in [-0.1, -0.05) is 36.4 Å². The van der Waals surface area contributed by atoms with Gasteiger partial charge in [-0.3, -0.25) is 9.59 Å². The molecule has 2 rings (SSSR count). The lowest BCUT2D eigenvalue weighted by molar-refractivity contribution is -0.137. The maximum atomic E-state index is 9.97. The molecule has 0 aliphatic rings. The van der Waals surface area contributed by atoms with Crippen LogP contribution in [-0.2, 0) is 9.59 Å². The summed E-state index contributed by atoms with van der Waals surface area (Å²) in [6.07, 6.45) is 0.203. The molecule has 0 aromatic heterocycles. The predicted molar refractivity (Wildman–Crippen MR) is 98.0 cm³/mol. The van der Waals surface area contributed by atoms with Crippen molar-refractivity contribution in [2.24, 2.45) is 0 Å². The topological polar surface area (TPSA) is 115 Å². The lowest BCUT2D eigenvalue weighted by Gasteiger charge is -1.94. The molecule has 6 nitrogen and oxygen atoms in total. The van der Waals surface area contributed by atoms with Gasteiger partial charge in [-0.2, -0.15) is 11.8 Å². The van der Waals surface area contributed by atoms with Gasteiger partial charge >= 0.3 is 11.9 Å². The van der Waals surface area contributed by atoms with Crippen molar-refractivity contribution in [2.45, 2.75) is 12.8 Å². The van der Waals surface area contributed by atoms with E-state index in [2.05, 4.69) is 0 Å². The zero-order valence-corrected chi connectivity index (χ0v) is 14.4. The van der Waals surface area contributed by atoms with E-state index in [1.165, 1.54) is 11.8 Å². The summed E-state index contributed by atoms with van der Waals surface area (Å²) in [7, 11) is 0. The van der Waals surface area contributed by atoms with E-state index >= 15 is 0 Å². The van der Waals surface area contributed by atoms with Gasteiger partial charge in [0.2, 0.25) is 0 Å². The third-order valence-electron chi connectivity index (χ3n) is 2.43. The molecule has 0 aliphatic heterocycles. The summed E-state index contributed by atoms with van der Waals surface area (Å²) in [6.45, 7) is 0. The largest absolute Gasteiger partial charge is 0.508 e. The zero-order valence-electron chi connectivity index (χ0n) is 13.6. The Morgan fingerprint density at radius 3 is 1.20 bits per heavy atom. The molecule has 25 heavy (non-hydrogen) atoms. The number of phenolic OH excluding ortho intramolecular Hbond substituents is 2. The first-order chi connectivity index (χ1) is 11.9. The summed E-state index contributed by atoms with van der Waals surface area (Å²) in [4.78, 5) is 19.9. The Morgan fingerprint density at radius 2 is 1.00 bits per heavy atom. The number of carboxylic acids is 2. The highest BCUT2D eigenvalue weighted by atomic mass is 32.2. The van der Waals surface area contributed by atoms with Crippen LogP contribution in [0.2, 0.25) is 0 Å². The Bertz CT molecular complexity index is 536. The lowest BCUT2D eigenvalue weighted by Crippen LogP contribution is -1.99. The Morgan fingerprint density at radius 1 is 0.680 bits per heavy atom. The van der Waals surface area contributed by atoms with E-state index < -0.39 is 11.9 Å². The first kappa shape index (κ1) is 22.3. The molecular weight excluding hydrogens is 344 g/mol. The average Bonchev–Trinajstić information content (AvgIpc) is 2.56. The molecule has 0 heterocycles. The van der Waals surface area contributed by atoms with Gasteiger partial charge < -0.3 is 20.4 Å². The minimum atomic E-state index is -0.840. The zero-order chi connectivity index (χ0) is 18.9. The molecule has 0 radical (unpaired) electrons. The molecule has 0 unspecified atom stereocenters. The Hall–Kier alpha value is -2.67. The number of hydrogen-bond donors (Lipinski definition) is 4. The van der Waals surface area contributed by atoms with Crippen molar-refractivity contribution in [3.8, 4) is 11.5 Å². The summed E-state index contributed by atoms with van der Waals surface area (Å²) in [6, 6.07) is 17.4. The number of carboxylic acid groups (broad SMARTS) is 2. The van der Waals surface area contributed by atoms with E-state index in [4.69, 9.17) is 20.4 Å². The maximum Gasteiger partial charge on any atom is 0.304 e. The number of benzene rings is 2. The second kappa shape index (κ2) is 14.9. The number of phenols is 2.